The maximum absolute atomic E-state index is 14.1. The minimum atomic E-state index is -0.360. The van der Waals surface area contributed by atoms with E-state index >= 15 is 0 Å². The average Bonchev–Trinajstić information content (AvgIpc) is 3.18. The molecule has 1 saturated heterocycles. The van der Waals surface area contributed by atoms with E-state index < -0.39 is 0 Å². The summed E-state index contributed by atoms with van der Waals surface area (Å²) in [6.45, 7) is 21.3. The summed E-state index contributed by atoms with van der Waals surface area (Å²) >= 11 is 0. The zero-order valence-corrected chi connectivity index (χ0v) is 31.7. The van der Waals surface area contributed by atoms with Crippen LogP contribution in [-0.2, 0) is 9.47 Å². The van der Waals surface area contributed by atoms with Crippen molar-refractivity contribution >= 4 is 28.3 Å². The van der Waals surface area contributed by atoms with Crippen molar-refractivity contribution in [3.63, 3.8) is 0 Å². The Morgan fingerprint density at radius 1 is 0.860 bits per heavy atom. The molecule has 1 amide bonds. The molecule has 0 spiro atoms. The van der Waals surface area contributed by atoms with Gasteiger partial charge in [0.15, 0.2) is 0 Å². The lowest BCUT2D eigenvalue weighted by atomic mass is 9.99. The number of allylic oxidation sites excluding steroid dienone is 6. The summed E-state index contributed by atoms with van der Waals surface area (Å²) < 4.78 is 9.07. The minimum Gasteiger partial charge on any atom is -0.508 e. The normalized spacial score (nSPS) is 13.6. The van der Waals surface area contributed by atoms with Crippen LogP contribution in [0.3, 0.4) is 0 Å². The van der Waals surface area contributed by atoms with Crippen LogP contribution in [0.15, 0.2) is 127 Å². The number of rotatable bonds is 10. The zero-order valence-electron chi connectivity index (χ0n) is 31.7. The van der Waals surface area contributed by atoms with Crippen molar-refractivity contribution in [2.75, 3.05) is 45.9 Å². The second-order valence-corrected chi connectivity index (χ2v) is 11.1. The molecule has 1 N–H and O–H groups in total. The van der Waals surface area contributed by atoms with Gasteiger partial charge in [-0.25, -0.2) is 4.79 Å². The van der Waals surface area contributed by atoms with Crippen molar-refractivity contribution < 1.29 is 24.2 Å². The van der Waals surface area contributed by atoms with Crippen molar-refractivity contribution in [1.29, 1.82) is 0 Å². The Labute approximate surface area is 300 Å². The molecule has 1 aliphatic heterocycles. The van der Waals surface area contributed by atoms with Crippen LogP contribution in [0.4, 0.5) is 5.69 Å². The molecule has 270 valence electrons. The zero-order chi connectivity index (χ0) is 37.6. The fourth-order valence-electron chi connectivity index (χ4n) is 5.49. The molecule has 0 atom stereocenters. The molecule has 4 rings (SSSR count). The lowest BCUT2D eigenvalue weighted by Crippen LogP contribution is -2.48. The number of aliphatic hydroxyl groups excluding tert-OH is 1. The van der Waals surface area contributed by atoms with Crippen molar-refractivity contribution in [2.45, 2.75) is 60.4 Å². The maximum atomic E-state index is 14.1. The Hall–Kier alpha value is -4.88. The van der Waals surface area contributed by atoms with Gasteiger partial charge < -0.3 is 24.4 Å². The molecule has 0 aliphatic carbocycles. The van der Waals surface area contributed by atoms with E-state index in [4.69, 9.17) is 4.74 Å². The Bertz CT molecular complexity index is 1610. The van der Waals surface area contributed by atoms with Crippen LogP contribution in [0.2, 0.25) is 0 Å². The monoisotopic (exact) mass is 682 g/mol. The van der Waals surface area contributed by atoms with Crippen molar-refractivity contribution in [2.24, 2.45) is 0 Å². The van der Waals surface area contributed by atoms with Crippen molar-refractivity contribution in [3.05, 3.63) is 138 Å². The van der Waals surface area contributed by atoms with E-state index in [1.54, 1.807) is 44.6 Å². The van der Waals surface area contributed by atoms with Crippen LogP contribution >= 0.6 is 0 Å². The number of piperidine rings is 1. The van der Waals surface area contributed by atoms with Gasteiger partial charge in [-0.2, -0.15) is 0 Å². The molecule has 0 unspecified atom stereocenters. The number of carbonyl (C=O) groups is 2. The van der Waals surface area contributed by atoms with Crippen LogP contribution < -0.4 is 4.90 Å². The van der Waals surface area contributed by atoms with Gasteiger partial charge in [0.25, 0.3) is 5.91 Å². The first-order valence-corrected chi connectivity index (χ1v) is 17.4. The number of hydrogen-bond donors (Lipinski definition) is 1. The van der Waals surface area contributed by atoms with Crippen LogP contribution in [0.5, 0.6) is 0 Å². The second kappa shape index (κ2) is 23.5. The summed E-state index contributed by atoms with van der Waals surface area (Å²) in [7, 11) is 4.62. The van der Waals surface area contributed by atoms with Gasteiger partial charge >= 0.3 is 5.97 Å². The second-order valence-electron chi connectivity index (χ2n) is 11.1. The number of fused-ring (bicyclic) bond motifs is 1. The first kappa shape index (κ1) is 43.1. The predicted molar refractivity (Wildman–Crippen MR) is 211 cm³/mol. The van der Waals surface area contributed by atoms with Crippen molar-refractivity contribution in [1.82, 2.24) is 4.90 Å². The van der Waals surface area contributed by atoms with E-state index in [0.29, 0.717) is 16.7 Å². The van der Waals surface area contributed by atoms with Crippen LogP contribution in [0, 0.1) is 0 Å². The Balaban J connectivity index is 0.00000166. The Morgan fingerprint density at radius 2 is 1.40 bits per heavy atom. The van der Waals surface area contributed by atoms with E-state index in [9.17, 15) is 14.7 Å². The molecule has 0 aromatic heterocycles. The highest BCUT2D eigenvalue weighted by atomic mass is 16.5. The van der Waals surface area contributed by atoms with Crippen LogP contribution in [0.25, 0.3) is 10.8 Å². The summed E-state index contributed by atoms with van der Waals surface area (Å²) in [6.07, 6.45) is 8.53. The minimum absolute atomic E-state index is 0.0190. The van der Waals surface area contributed by atoms with Gasteiger partial charge in [0.2, 0.25) is 0 Å². The number of anilines is 1. The number of esters is 1. The van der Waals surface area contributed by atoms with E-state index in [0.717, 1.165) is 53.5 Å². The number of carbonyl (C=O) groups excluding carboxylic acids is 2. The number of hydrogen-bond acceptors (Lipinski definition) is 6. The summed E-state index contributed by atoms with van der Waals surface area (Å²) in [6, 6.07) is 21.2. The highest BCUT2D eigenvalue weighted by Gasteiger charge is 2.29. The number of aliphatic hydroxyl groups is 1. The number of nitrogens with zero attached hydrogens (tertiary/aromatic N) is 2. The molecule has 1 fully saturated rings. The Morgan fingerprint density at radius 3 is 1.92 bits per heavy atom. The predicted octanol–water partition coefficient (Wildman–Crippen LogP) is 10.1. The molecule has 7 nitrogen and oxygen atoms in total. The molecule has 1 heterocycles. The highest BCUT2D eigenvalue weighted by Crippen LogP contribution is 2.27. The molecule has 3 aromatic carbocycles. The third kappa shape index (κ3) is 12.2. The fourth-order valence-corrected chi connectivity index (χ4v) is 5.49. The van der Waals surface area contributed by atoms with E-state index in [2.05, 4.69) is 22.8 Å². The first-order chi connectivity index (χ1) is 24.2. The van der Waals surface area contributed by atoms with Crippen LogP contribution in [0.1, 0.15) is 75.1 Å². The van der Waals surface area contributed by atoms with Gasteiger partial charge in [-0.15, -0.1) is 0 Å². The lowest BCUT2D eigenvalue weighted by molar-refractivity contribution is 0.0600. The lowest BCUT2D eigenvalue weighted by Gasteiger charge is -2.40. The van der Waals surface area contributed by atoms with Gasteiger partial charge in [-0.05, 0) is 96.7 Å². The molecule has 0 bridgehead atoms. The summed E-state index contributed by atoms with van der Waals surface area (Å²) in [5.74, 6) is -0.316. The molecular formula is C43H58N2O5. The number of amides is 1. The maximum Gasteiger partial charge on any atom is 0.337 e. The van der Waals surface area contributed by atoms with Gasteiger partial charge in [0.1, 0.15) is 5.76 Å². The fraction of sp³-hybridized carbons (Fsp3) is 0.349. The molecule has 0 radical (unpaired) electrons. The number of benzene rings is 3. The molecule has 3 aromatic rings. The summed E-state index contributed by atoms with van der Waals surface area (Å²) in [5, 5.41) is 13.2. The van der Waals surface area contributed by atoms with Gasteiger partial charge in [-0.1, -0.05) is 89.4 Å². The molecule has 1 aliphatic rings. The third-order valence-corrected chi connectivity index (χ3v) is 8.04. The topological polar surface area (TPSA) is 79.3 Å². The quantitative estimate of drug-likeness (QED) is 0.130. The molecular weight excluding hydrogens is 624 g/mol. The third-order valence-electron chi connectivity index (χ3n) is 8.04. The molecule has 50 heavy (non-hydrogen) atoms. The average molecular weight is 683 g/mol. The molecule has 0 saturated carbocycles. The number of ether oxygens (including phenoxy) is 2. The first-order valence-electron chi connectivity index (χ1n) is 17.4. The standard InChI is InChI=1S/C37H40N2O4.C2H6O.2C2H6/c1-6-27(7-2)28(8-3)24-35(40)26(4)25-39(36(41)32-14-13-29-11-9-10-12-31(29)23-32)34-19-21-38(22-20-34)33-17-15-30(16-18-33)37(42)43-5;1-3-2;2*1-2/h6-18,23-24,34,40H,1,3,19-22,25H2,2,4-5H3;1-2H3;2*1-2H3/b27-7+,28-24+,35-26-;;;. The Kier molecular flexibility index (Phi) is 20.3. The van der Waals surface area contributed by atoms with Crippen molar-refractivity contribution in [3.8, 4) is 0 Å². The van der Waals surface area contributed by atoms with Gasteiger partial charge in [0, 0.05) is 51.1 Å². The summed E-state index contributed by atoms with van der Waals surface area (Å²) in [4.78, 5) is 30.1. The van der Waals surface area contributed by atoms with Crippen LogP contribution in [-0.4, -0.2) is 68.9 Å². The largest absolute Gasteiger partial charge is 0.508 e. The van der Waals surface area contributed by atoms with Gasteiger partial charge in [-0.3, -0.25) is 4.79 Å². The van der Waals surface area contributed by atoms with E-state index in [1.807, 2.05) is 107 Å². The molecule has 7 heteroatoms. The smallest absolute Gasteiger partial charge is 0.337 e. The number of methoxy groups -OCH3 is 2. The summed E-state index contributed by atoms with van der Waals surface area (Å²) in [5.41, 5.74) is 4.47. The van der Waals surface area contributed by atoms with E-state index in [-0.39, 0.29) is 30.2 Å². The van der Waals surface area contributed by atoms with Gasteiger partial charge in [0.05, 0.1) is 12.7 Å². The SMILES string of the molecule is C=CC(=C\C)/C(C=C)=C/C(O)=C(\C)CN(C(=O)c1ccc2ccccc2c1)C1CCN(c2ccc(C(=O)OC)cc2)CC1.CC.CC.COC. The van der Waals surface area contributed by atoms with E-state index in [1.165, 1.54) is 7.11 Å². The highest BCUT2D eigenvalue weighted by molar-refractivity contribution is 5.99.